The van der Waals surface area contributed by atoms with Crippen LogP contribution in [0.2, 0.25) is 0 Å². The lowest BCUT2D eigenvalue weighted by atomic mass is 10.0. The van der Waals surface area contributed by atoms with Gasteiger partial charge in [0.25, 0.3) is 0 Å². The summed E-state index contributed by atoms with van der Waals surface area (Å²) < 4.78 is 10.3. The topological polar surface area (TPSA) is 50.7 Å². The summed E-state index contributed by atoms with van der Waals surface area (Å²) in [6.07, 6.45) is 1.73. The zero-order valence-corrected chi connectivity index (χ0v) is 9.51. The Morgan fingerprint density at radius 1 is 1.29 bits per heavy atom. The fourth-order valence-corrected chi connectivity index (χ4v) is 0.988. The SMILES string of the molecule is CNC(C)(CO)CCOCCCOC. The molecule has 0 aromatic rings. The van der Waals surface area contributed by atoms with E-state index in [2.05, 4.69) is 5.32 Å². The summed E-state index contributed by atoms with van der Waals surface area (Å²) in [4.78, 5) is 0. The molecule has 14 heavy (non-hydrogen) atoms. The first kappa shape index (κ1) is 13.8. The highest BCUT2D eigenvalue weighted by Crippen LogP contribution is 2.07. The van der Waals surface area contributed by atoms with Gasteiger partial charge in [-0.1, -0.05) is 0 Å². The first-order chi connectivity index (χ1) is 6.68. The van der Waals surface area contributed by atoms with Gasteiger partial charge in [0, 0.05) is 32.5 Å². The molecule has 1 unspecified atom stereocenters. The minimum absolute atomic E-state index is 0.130. The smallest absolute Gasteiger partial charge is 0.0611 e. The molecule has 0 fully saturated rings. The summed E-state index contributed by atoms with van der Waals surface area (Å²) in [6.45, 7) is 4.24. The number of ether oxygens (including phenoxy) is 2. The fraction of sp³-hybridized carbons (Fsp3) is 1.00. The minimum atomic E-state index is -0.221. The van der Waals surface area contributed by atoms with Crippen LogP contribution in [-0.4, -0.2) is 51.2 Å². The molecule has 0 saturated carbocycles. The van der Waals surface area contributed by atoms with E-state index in [-0.39, 0.29) is 12.1 Å². The highest BCUT2D eigenvalue weighted by Gasteiger charge is 2.19. The van der Waals surface area contributed by atoms with Crippen LogP contribution in [0.15, 0.2) is 0 Å². The van der Waals surface area contributed by atoms with Crippen molar-refractivity contribution in [2.45, 2.75) is 25.3 Å². The van der Waals surface area contributed by atoms with Crippen LogP contribution in [0.5, 0.6) is 0 Å². The van der Waals surface area contributed by atoms with Crippen molar-refractivity contribution in [1.29, 1.82) is 0 Å². The Kier molecular flexibility index (Phi) is 8.08. The molecule has 0 rings (SSSR count). The van der Waals surface area contributed by atoms with Crippen LogP contribution in [0.4, 0.5) is 0 Å². The van der Waals surface area contributed by atoms with Crippen LogP contribution in [-0.2, 0) is 9.47 Å². The van der Waals surface area contributed by atoms with Crippen LogP contribution < -0.4 is 5.32 Å². The van der Waals surface area contributed by atoms with Crippen molar-refractivity contribution < 1.29 is 14.6 Å². The van der Waals surface area contributed by atoms with Gasteiger partial charge < -0.3 is 19.9 Å². The van der Waals surface area contributed by atoms with Gasteiger partial charge in [-0.25, -0.2) is 0 Å². The number of likely N-dealkylation sites (N-methyl/N-ethyl adjacent to an activating group) is 1. The summed E-state index contributed by atoms with van der Waals surface area (Å²) in [7, 11) is 3.53. The van der Waals surface area contributed by atoms with Gasteiger partial charge in [0.1, 0.15) is 0 Å². The molecule has 0 saturated heterocycles. The van der Waals surface area contributed by atoms with Gasteiger partial charge in [-0.2, -0.15) is 0 Å². The maximum Gasteiger partial charge on any atom is 0.0611 e. The third-order valence-corrected chi connectivity index (χ3v) is 2.39. The number of hydrogen-bond donors (Lipinski definition) is 2. The second kappa shape index (κ2) is 8.17. The monoisotopic (exact) mass is 205 g/mol. The lowest BCUT2D eigenvalue weighted by Crippen LogP contribution is -2.44. The number of aliphatic hydroxyl groups excluding tert-OH is 1. The van der Waals surface area contributed by atoms with Crippen molar-refractivity contribution in [2.75, 3.05) is 40.6 Å². The molecular formula is C10H23NO3. The van der Waals surface area contributed by atoms with Crippen LogP contribution >= 0.6 is 0 Å². The second-order valence-electron chi connectivity index (χ2n) is 3.68. The van der Waals surface area contributed by atoms with Crippen molar-refractivity contribution >= 4 is 0 Å². The van der Waals surface area contributed by atoms with Crippen molar-refractivity contribution in [3.63, 3.8) is 0 Å². The molecule has 0 aliphatic heterocycles. The van der Waals surface area contributed by atoms with Gasteiger partial charge >= 0.3 is 0 Å². The third-order valence-electron chi connectivity index (χ3n) is 2.39. The largest absolute Gasteiger partial charge is 0.394 e. The van der Waals surface area contributed by atoms with E-state index in [9.17, 15) is 0 Å². The predicted molar refractivity (Wildman–Crippen MR) is 56.5 cm³/mol. The zero-order valence-electron chi connectivity index (χ0n) is 9.51. The highest BCUT2D eigenvalue weighted by molar-refractivity contribution is 4.79. The van der Waals surface area contributed by atoms with Crippen molar-refractivity contribution in [2.24, 2.45) is 0 Å². The molecular weight excluding hydrogens is 182 g/mol. The normalized spacial score (nSPS) is 15.4. The van der Waals surface area contributed by atoms with Gasteiger partial charge in [0.15, 0.2) is 0 Å². The maximum absolute atomic E-state index is 9.09. The van der Waals surface area contributed by atoms with Crippen LogP contribution in [0.25, 0.3) is 0 Å². The molecule has 0 aliphatic carbocycles. The maximum atomic E-state index is 9.09. The Balaban J connectivity index is 3.34. The Hall–Kier alpha value is -0.160. The molecule has 86 valence electrons. The standard InChI is InChI=1S/C10H23NO3/c1-10(9-12,11-2)5-8-14-7-4-6-13-3/h11-12H,4-9H2,1-3H3. The number of aliphatic hydroxyl groups is 1. The molecule has 0 bridgehead atoms. The highest BCUT2D eigenvalue weighted by atomic mass is 16.5. The molecule has 0 aliphatic rings. The molecule has 0 spiro atoms. The van der Waals surface area contributed by atoms with Gasteiger partial charge in [0.2, 0.25) is 0 Å². The van der Waals surface area contributed by atoms with E-state index in [4.69, 9.17) is 14.6 Å². The Bertz CT molecular complexity index is 127. The summed E-state index contributed by atoms with van der Waals surface area (Å²) in [6, 6.07) is 0. The van der Waals surface area contributed by atoms with Crippen LogP contribution in [0.3, 0.4) is 0 Å². The van der Waals surface area contributed by atoms with Crippen LogP contribution in [0.1, 0.15) is 19.8 Å². The predicted octanol–water partition coefficient (Wildman–Crippen LogP) is 0.400. The van der Waals surface area contributed by atoms with E-state index < -0.39 is 0 Å². The summed E-state index contributed by atoms with van der Waals surface area (Å²) in [5.74, 6) is 0. The van der Waals surface area contributed by atoms with Gasteiger partial charge in [-0.15, -0.1) is 0 Å². The number of hydrogen-bond acceptors (Lipinski definition) is 4. The summed E-state index contributed by atoms with van der Waals surface area (Å²) in [5.41, 5.74) is -0.221. The van der Waals surface area contributed by atoms with Crippen molar-refractivity contribution in [1.82, 2.24) is 5.32 Å². The van der Waals surface area contributed by atoms with Crippen molar-refractivity contribution in [3.8, 4) is 0 Å². The molecule has 0 aromatic carbocycles. The summed E-state index contributed by atoms with van der Waals surface area (Å²) in [5, 5.41) is 12.2. The third kappa shape index (κ3) is 6.32. The molecule has 0 amide bonds. The van der Waals surface area contributed by atoms with E-state index in [1.165, 1.54) is 0 Å². The average Bonchev–Trinajstić information content (AvgIpc) is 2.23. The Labute approximate surface area is 86.6 Å². The molecule has 0 radical (unpaired) electrons. The van der Waals surface area contributed by atoms with E-state index in [0.29, 0.717) is 6.61 Å². The van der Waals surface area contributed by atoms with Crippen molar-refractivity contribution in [3.05, 3.63) is 0 Å². The first-order valence-electron chi connectivity index (χ1n) is 5.05. The average molecular weight is 205 g/mol. The molecule has 1 atom stereocenters. The van der Waals surface area contributed by atoms with E-state index in [1.54, 1.807) is 7.11 Å². The van der Waals surface area contributed by atoms with Crippen LogP contribution in [0, 0.1) is 0 Å². The Morgan fingerprint density at radius 3 is 2.50 bits per heavy atom. The zero-order chi connectivity index (χ0) is 10.9. The molecule has 4 nitrogen and oxygen atoms in total. The molecule has 0 heterocycles. The number of methoxy groups -OCH3 is 1. The molecule has 4 heteroatoms. The molecule has 2 N–H and O–H groups in total. The quantitative estimate of drug-likeness (QED) is 0.535. The summed E-state index contributed by atoms with van der Waals surface area (Å²) >= 11 is 0. The number of rotatable bonds is 9. The van der Waals surface area contributed by atoms with Gasteiger partial charge in [-0.05, 0) is 26.8 Å². The minimum Gasteiger partial charge on any atom is -0.394 e. The lowest BCUT2D eigenvalue weighted by Gasteiger charge is -2.26. The fourth-order valence-electron chi connectivity index (χ4n) is 0.988. The Morgan fingerprint density at radius 2 is 2.00 bits per heavy atom. The van der Waals surface area contributed by atoms with Gasteiger partial charge in [-0.3, -0.25) is 0 Å². The lowest BCUT2D eigenvalue weighted by molar-refractivity contribution is 0.0750. The van der Waals surface area contributed by atoms with Gasteiger partial charge in [0.05, 0.1) is 6.61 Å². The van der Waals surface area contributed by atoms with E-state index >= 15 is 0 Å². The van der Waals surface area contributed by atoms with E-state index in [1.807, 2.05) is 14.0 Å². The first-order valence-corrected chi connectivity index (χ1v) is 5.05. The molecule has 0 aromatic heterocycles. The van der Waals surface area contributed by atoms with E-state index in [0.717, 1.165) is 26.1 Å². The number of nitrogens with one attached hydrogen (secondary N) is 1. The second-order valence-corrected chi connectivity index (χ2v) is 3.68.